The van der Waals surface area contributed by atoms with Crippen molar-refractivity contribution in [3.05, 3.63) is 71.3 Å². The van der Waals surface area contributed by atoms with Crippen LogP contribution in [0.3, 0.4) is 0 Å². The van der Waals surface area contributed by atoms with Crippen molar-refractivity contribution in [1.82, 2.24) is 0 Å². The summed E-state index contributed by atoms with van der Waals surface area (Å²) in [6, 6.07) is 17.9. The Hall–Kier alpha value is -1.82. The van der Waals surface area contributed by atoms with E-state index in [9.17, 15) is 0 Å². The van der Waals surface area contributed by atoms with Crippen molar-refractivity contribution in [3.8, 4) is 11.1 Å². The molecule has 108 valence electrons. The highest BCUT2D eigenvalue weighted by atomic mass is 14.2. The maximum Gasteiger partial charge on any atom is -0.0184 e. The third-order valence-corrected chi connectivity index (χ3v) is 4.61. The number of hydrogen-bond donors (Lipinski definition) is 0. The van der Waals surface area contributed by atoms with Gasteiger partial charge in [-0.25, -0.2) is 0 Å². The molecule has 2 aromatic rings. The zero-order valence-electron chi connectivity index (χ0n) is 13.1. The van der Waals surface area contributed by atoms with E-state index in [1.54, 1.807) is 5.57 Å². The van der Waals surface area contributed by atoms with Crippen LogP contribution >= 0.6 is 0 Å². The summed E-state index contributed by atoms with van der Waals surface area (Å²) in [5.74, 6) is 0.832. The van der Waals surface area contributed by atoms with Gasteiger partial charge >= 0.3 is 0 Å². The van der Waals surface area contributed by atoms with E-state index in [2.05, 4.69) is 68.5 Å². The second-order valence-corrected chi connectivity index (χ2v) is 6.46. The maximum absolute atomic E-state index is 2.43. The monoisotopic (exact) mass is 276 g/mol. The molecule has 1 atom stereocenters. The Morgan fingerprint density at radius 2 is 1.48 bits per heavy atom. The number of benzene rings is 2. The zero-order chi connectivity index (χ0) is 14.7. The van der Waals surface area contributed by atoms with Crippen LogP contribution in [-0.2, 0) is 6.42 Å². The fraction of sp³-hybridized carbons (Fsp3) is 0.333. The molecule has 0 nitrogen and oxygen atoms in total. The van der Waals surface area contributed by atoms with Gasteiger partial charge in [0, 0.05) is 0 Å². The van der Waals surface area contributed by atoms with Crippen molar-refractivity contribution in [2.24, 2.45) is 5.92 Å². The van der Waals surface area contributed by atoms with Gasteiger partial charge in [0.1, 0.15) is 0 Å². The highest BCUT2D eigenvalue weighted by Gasteiger charge is 2.13. The predicted octanol–water partition coefficient (Wildman–Crippen LogP) is 5.95. The third-order valence-electron chi connectivity index (χ3n) is 4.61. The van der Waals surface area contributed by atoms with E-state index in [1.807, 2.05) is 0 Å². The minimum atomic E-state index is 0.832. The highest BCUT2D eigenvalue weighted by Crippen LogP contribution is 2.27. The minimum absolute atomic E-state index is 0.832. The molecule has 0 aliphatic heterocycles. The average Bonchev–Trinajstić information content (AvgIpc) is 2.51. The van der Waals surface area contributed by atoms with E-state index < -0.39 is 0 Å². The van der Waals surface area contributed by atoms with Crippen LogP contribution in [-0.4, -0.2) is 0 Å². The highest BCUT2D eigenvalue weighted by molar-refractivity contribution is 5.63. The van der Waals surface area contributed by atoms with Gasteiger partial charge in [-0.3, -0.25) is 0 Å². The molecule has 0 amide bonds. The summed E-state index contributed by atoms with van der Waals surface area (Å²) >= 11 is 0. The van der Waals surface area contributed by atoms with E-state index in [4.69, 9.17) is 0 Å². The van der Waals surface area contributed by atoms with Crippen molar-refractivity contribution < 1.29 is 0 Å². The Bertz CT molecular complexity index is 614. The van der Waals surface area contributed by atoms with Crippen LogP contribution < -0.4 is 0 Å². The van der Waals surface area contributed by atoms with Gasteiger partial charge in [0.05, 0.1) is 0 Å². The summed E-state index contributed by atoms with van der Waals surface area (Å²) in [6.45, 7) is 4.39. The molecule has 3 rings (SSSR count). The van der Waals surface area contributed by atoms with Crippen LogP contribution in [0.4, 0.5) is 0 Å². The van der Waals surface area contributed by atoms with Crippen LogP contribution in [0.25, 0.3) is 11.1 Å². The maximum atomic E-state index is 2.43. The number of allylic oxidation sites excluding steroid dienone is 2. The molecule has 21 heavy (non-hydrogen) atoms. The first-order valence-electron chi connectivity index (χ1n) is 8.02. The van der Waals surface area contributed by atoms with Gasteiger partial charge in [0.15, 0.2) is 0 Å². The van der Waals surface area contributed by atoms with Crippen LogP contribution in [0.2, 0.25) is 0 Å². The van der Waals surface area contributed by atoms with Crippen LogP contribution in [0, 0.1) is 12.8 Å². The van der Waals surface area contributed by atoms with Crippen molar-refractivity contribution in [2.75, 3.05) is 0 Å². The Balaban J connectivity index is 1.68. The molecule has 0 bridgehead atoms. The molecule has 2 aromatic carbocycles. The lowest BCUT2D eigenvalue weighted by Gasteiger charge is -2.20. The Morgan fingerprint density at radius 3 is 2.05 bits per heavy atom. The summed E-state index contributed by atoms with van der Waals surface area (Å²) in [6.07, 6.45) is 7.53. The molecular formula is C21H24. The molecule has 1 aliphatic carbocycles. The Morgan fingerprint density at radius 1 is 0.857 bits per heavy atom. The second-order valence-electron chi connectivity index (χ2n) is 6.46. The van der Waals surface area contributed by atoms with Gasteiger partial charge in [0.2, 0.25) is 0 Å². The largest absolute Gasteiger partial charge is 0.0853 e. The summed E-state index contributed by atoms with van der Waals surface area (Å²) < 4.78 is 0. The van der Waals surface area contributed by atoms with Gasteiger partial charge in [-0.1, -0.05) is 65.7 Å². The van der Waals surface area contributed by atoms with E-state index >= 15 is 0 Å². The van der Waals surface area contributed by atoms with Gasteiger partial charge in [-0.2, -0.15) is 0 Å². The lowest BCUT2D eigenvalue weighted by Crippen LogP contribution is -2.07. The summed E-state index contributed by atoms with van der Waals surface area (Å²) in [7, 11) is 0. The normalized spacial score (nSPS) is 18.4. The second kappa shape index (κ2) is 6.30. The van der Waals surface area contributed by atoms with E-state index in [1.165, 1.54) is 47.9 Å². The molecule has 0 fully saturated rings. The van der Waals surface area contributed by atoms with E-state index in [0.29, 0.717) is 0 Å². The fourth-order valence-electron chi connectivity index (χ4n) is 3.12. The van der Waals surface area contributed by atoms with Crippen LogP contribution in [0.15, 0.2) is 60.2 Å². The lowest BCUT2D eigenvalue weighted by atomic mass is 9.85. The van der Waals surface area contributed by atoms with E-state index in [-0.39, 0.29) is 0 Å². The van der Waals surface area contributed by atoms with Crippen molar-refractivity contribution in [2.45, 2.75) is 39.5 Å². The Kier molecular flexibility index (Phi) is 4.24. The quantitative estimate of drug-likeness (QED) is 0.607. The van der Waals surface area contributed by atoms with Gasteiger partial charge in [-0.05, 0) is 62.1 Å². The van der Waals surface area contributed by atoms with Gasteiger partial charge in [-0.15, -0.1) is 0 Å². The lowest BCUT2D eigenvalue weighted by molar-refractivity contribution is 0.467. The van der Waals surface area contributed by atoms with Crippen LogP contribution in [0.1, 0.15) is 37.3 Å². The Labute approximate surface area is 128 Å². The smallest absolute Gasteiger partial charge is 0.0184 e. The first-order chi connectivity index (χ1) is 10.2. The van der Waals surface area contributed by atoms with Crippen LogP contribution in [0.5, 0.6) is 0 Å². The first-order valence-corrected chi connectivity index (χ1v) is 8.02. The average molecular weight is 276 g/mol. The van der Waals surface area contributed by atoms with Gasteiger partial charge in [0.25, 0.3) is 0 Å². The SMILES string of the molecule is CC1=CCC(Cc2ccc(-c3ccc(C)cc3)cc2)CC1. The molecule has 0 spiro atoms. The molecule has 0 N–H and O–H groups in total. The standard InChI is InChI=1S/C21H24/c1-16-3-7-18(8-4-16)15-19-9-13-21(14-10-19)20-11-5-17(2)6-12-20/h3,5-6,9-14,18H,4,7-8,15H2,1-2H3. The predicted molar refractivity (Wildman–Crippen MR) is 91.4 cm³/mol. The fourth-order valence-corrected chi connectivity index (χ4v) is 3.12. The molecule has 1 unspecified atom stereocenters. The molecule has 0 heteroatoms. The van der Waals surface area contributed by atoms with Crippen molar-refractivity contribution in [3.63, 3.8) is 0 Å². The van der Waals surface area contributed by atoms with Crippen molar-refractivity contribution >= 4 is 0 Å². The molecular weight excluding hydrogens is 252 g/mol. The van der Waals surface area contributed by atoms with Crippen molar-refractivity contribution in [1.29, 1.82) is 0 Å². The molecule has 0 aromatic heterocycles. The summed E-state index contributed by atoms with van der Waals surface area (Å²) in [4.78, 5) is 0. The molecule has 0 radical (unpaired) electrons. The molecule has 1 aliphatic rings. The molecule has 0 saturated carbocycles. The third kappa shape index (κ3) is 3.64. The molecule has 0 saturated heterocycles. The van der Waals surface area contributed by atoms with E-state index in [0.717, 1.165) is 5.92 Å². The molecule has 0 heterocycles. The first kappa shape index (κ1) is 14.1. The zero-order valence-corrected chi connectivity index (χ0v) is 13.1. The number of hydrogen-bond acceptors (Lipinski definition) is 0. The summed E-state index contributed by atoms with van der Waals surface area (Å²) in [5, 5.41) is 0. The minimum Gasteiger partial charge on any atom is -0.0853 e. The summed E-state index contributed by atoms with van der Waals surface area (Å²) in [5.41, 5.74) is 6.99. The van der Waals surface area contributed by atoms with Gasteiger partial charge < -0.3 is 0 Å². The topological polar surface area (TPSA) is 0 Å². The number of aryl methyl sites for hydroxylation is 1. The number of rotatable bonds is 3.